The summed E-state index contributed by atoms with van der Waals surface area (Å²) in [5.74, 6) is 1.67. The molecule has 6 nitrogen and oxygen atoms in total. The van der Waals surface area contributed by atoms with Crippen LogP contribution in [0.5, 0.6) is 5.75 Å². The van der Waals surface area contributed by atoms with E-state index in [1.165, 1.54) is 0 Å². The van der Waals surface area contributed by atoms with Gasteiger partial charge in [-0.05, 0) is 48.7 Å². The van der Waals surface area contributed by atoms with Gasteiger partial charge in [-0.3, -0.25) is 0 Å². The summed E-state index contributed by atoms with van der Waals surface area (Å²) in [5.41, 5.74) is 1.91. The van der Waals surface area contributed by atoms with E-state index in [1.54, 1.807) is 7.11 Å². The van der Waals surface area contributed by atoms with Crippen molar-refractivity contribution in [3.63, 3.8) is 0 Å². The van der Waals surface area contributed by atoms with Crippen molar-refractivity contribution in [2.75, 3.05) is 24.3 Å². The quantitative estimate of drug-likeness (QED) is 0.852. The third-order valence-corrected chi connectivity index (χ3v) is 2.99. The highest BCUT2D eigenvalue weighted by molar-refractivity contribution is 6.28. The number of halogens is 1. The number of aryl methyl sites for hydroxylation is 1. The van der Waals surface area contributed by atoms with Crippen molar-refractivity contribution in [3.05, 3.63) is 29.0 Å². The van der Waals surface area contributed by atoms with Crippen molar-refractivity contribution in [2.24, 2.45) is 0 Å². The number of aromatic nitrogens is 3. The second-order valence-corrected chi connectivity index (χ2v) is 4.82. The number of nitrogens with one attached hydrogen (secondary N) is 2. The second kappa shape index (κ2) is 7.08. The van der Waals surface area contributed by atoms with Gasteiger partial charge in [0.25, 0.3) is 0 Å². The van der Waals surface area contributed by atoms with Crippen molar-refractivity contribution >= 4 is 29.2 Å². The average molecular weight is 308 g/mol. The van der Waals surface area contributed by atoms with Gasteiger partial charge in [0.15, 0.2) is 0 Å². The van der Waals surface area contributed by atoms with Crippen molar-refractivity contribution in [1.29, 1.82) is 0 Å². The fourth-order valence-electron chi connectivity index (χ4n) is 1.75. The molecule has 0 unspecified atom stereocenters. The van der Waals surface area contributed by atoms with Gasteiger partial charge in [-0.2, -0.15) is 15.0 Å². The SMILES string of the molecule is CCCNc1nc(Cl)nc(Nc2ccc(OC)cc2C)n1. The summed E-state index contributed by atoms with van der Waals surface area (Å²) in [6, 6.07) is 5.71. The molecule has 0 radical (unpaired) electrons. The summed E-state index contributed by atoms with van der Waals surface area (Å²) in [5, 5.41) is 6.38. The van der Waals surface area contributed by atoms with Crippen LogP contribution >= 0.6 is 11.6 Å². The van der Waals surface area contributed by atoms with Crippen LogP contribution in [0.25, 0.3) is 0 Å². The van der Waals surface area contributed by atoms with E-state index in [9.17, 15) is 0 Å². The van der Waals surface area contributed by atoms with Gasteiger partial charge in [0, 0.05) is 12.2 Å². The summed E-state index contributed by atoms with van der Waals surface area (Å²) in [6.45, 7) is 4.82. The summed E-state index contributed by atoms with van der Waals surface area (Å²) in [6.07, 6.45) is 0.976. The zero-order valence-electron chi connectivity index (χ0n) is 12.3. The number of ether oxygens (including phenoxy) is 1. The van der Waals surface area contributed by atoms with Crippen LogP contribution in [0.1, 0.15) is 18.9 Å². The molecule has 7 heteroatoms. The number of nitrogens with zero attached hydrogens (tertiary/aromatic N) is 3. The second-order valence-electron chi connectivity index (χ2n) is 4.48. The molecule has 0 spiro atoms. The molecule has 21 heavy (non-hydrogen) atoms. The molecule has 2 N–H and O–H groups in total. The van der Waals surface area contributed by atoms with E-state index in [0.29, 0.717) is 11.9 Å². The fourth-order valence-corrected chi connectivity index (χ4v) is 1.91. The molecule has 0 atom stereocenters. The first-order valence-corrected chi connectivity index (χ1v) is 7.07. The van der Waals surface area contributed by atoms with Gasteiger partial charge in [0.2, 0.25) is 17.2 Å². The van der Waals surface area contributed by atoms with Crippen molar-refractivity contribution < 1.29 is 4.74 Å². The van der Waals surface area contributed by atoms with Gasteiger partial charge in [0.05, 0.1) is 7.11 Å². The van der Waals surface area contributed by atoms with Crippen molar-refractivity contribution in [2.45, 2.75) is 20.3 Å². The van der Waals surface area contributed by atoms with E-state index >= 15 is 0 Å². The predicted octanol–water partition coefficient (Wildman–Crippen LogP) is 3.41. The van der Waals surface area contributed by atoms with Crippen molar-refractivity contribution in [3.8, 4) is 5.75 Å². The van der Waals surface area contributed by atoms with Crippen LogP contribution in [-0.2, 0) is 0 Å². The largest absolute Gasteiger partial charge is 0.497 e. The van der Waals surface area contributed by atoms with Crippen LogP contribution < -0.4 is 15.4 Å². The minimum Gasteiger partial charge on any atom is -0.497 e. The van der Waals surface area contributed by atoms with Crippen LogP contribution in [-0.4, -0.2) is 28.6 Å². The highest BCUT2D eigenvalue weighted by Crippen LogP contribution is 2.23. The van der Waals surface area contributed by atoms with E-state index in [0.717, 1.165) is 30.0 Å². The Hall–Kier alpha value is -2.08. The lowest BCUT2D eigenvalue weighted by atomic mass is 10.2. The van der Waals surface area contributed by atoms with E-state index in [1.807, 2.05) is 25.1 Å². The number of anilines is 3. The third-order valence-electron chi connectivity index (χ3n) is 2.82. The number of hydrogen-bond acceptors (Lipinski definition) is 6. The van der Waals surface area contributed by atoms with Crippen LogP contribution in [0, 0.1) is 6.92 Å². The summed E-state index contributed by atoms with van der Waals surface area (Å²) in [7, 11) is 1.64. The average Bonchev–Trinajstić information content (AvgIpc) is 2.46. The first kappa shape index (κ1) is 15.3. The molecule has 0 saturated heterocycles. The lowest BCUT2D eigenvalue weighted by Gasteiger charge is -2.11. The maximum atomic E-state index is 5.92. The van der Waals surface area contributed by atoms with E-state index < -0.39 is 0 Å². The Kier molecular flexibility index (Phi) is 5.16. The van der Waals surface area contributed by atoms with Gasteiger partial charge < -0.3 is 15.4 Å². The molecule has 1 heterocycles. The lowest BCUT2D eigenvalue weighted by molar-refractivity contribution is 0.414. The zero-order chi connectivity index (χ0) is 15.2. The van der Waals surface area contributed by atoms with E-state index in [4.69, 9.17) is 16.3 Å². The highest BCUT2D eigenvalue weighted by atomic mass is 35.5. The highest BCUT2D eigenvalue weighted by Gasteiger charge is 2.07. The molecule has 2 aromatic rings. The number of rotatable bonds is 6. The number of benzene rings is 1. The van der Waals surface area contributed by atoms with Gasteiger partial charge >= 0.3 is 0 Å². The minimum absolute atomic E-state index is 0.150. The predicted molar refractivity (Wildman–Crippen MR) is 84.6 cm³/mol. The molecule has 0 aliphatic carbocycles. The van der Waals surface area contributed by atoms with Gasteiger partial charge in [-0.1, -0.05) is 6.92 Å². The molecular formula is C14H18ClN5O. The minimum atomic E-state index is 0.150. The van der Waals surface area contributed by atoms with Crippen LogP contribution in [0.2, 0.25) is 5.28 Å². The Morgan fingerprint density at radius 2 is 1.95 bits per heavy atom. The third kappa shape index (κ3) is 4.19. The molecule has 2 rings (SSSR count). The summed E-state index contributed by atoms with van der Waals surface area (Å²) < 4.78 is 5.18. The Morgan fingerprint density at radius 1 is 1.19 bits per heavy atom. The van der Waals surface area contributed by atoms with Crippen LogP contribution in [0.3, 0.4) is 0 Å². The molecule has 1 aromatic carbocycles. The van der Waals surface area contributed by atoms with Crippen LogP contribution in [0.4, 0.5) is 17.6 Å². The Labute approximate surface area is 128 Å². The Bertz CT molecular complexity index is 620. The zero-order valence-corrected chi connectivity index (χ0v) is 13.0. The summed E-state index contributed by atoms with van der Waals surface area (Å²) in [4.78, 5) is 12.4. The fraction of sp³-hybridized carbons (Fsp3) is 0.357. The van der Waals surface area contributed by atoms with E-state index in [-0.39, 0.29) is 5.28 Å². The lowest BCUT2D eigenvalue weighted by Crippen LogP contribution is -2.08. The summed E-state index contributed by atoms with van der Waals surface area (Å²) >= 11 is 5.92. The molecular weight excluding hydrogens is 290 g/mol. The number of methoxy groups -OCH3 is 1. The maximum Gasteiger partial charge on any atom is 0.233 e. The smallest absolute Gasteiger partial charge is 0.233 e. The molecule has 0 aliphatic rings. The molecule has 0 amide bonds. The first-order valence-electron chi connectivity index (χ1n) is 6.69. The Morgan fingerprint density at radius 3 is 2.62 bits per heavy atom. The van der Waals surface area contributed by atoms with Gasteiger partial charge in [-0.15, -0.1) is 0 Å². The van der Waals surface area contributed by atoms with Gasteiger partial charge in [-0.25, -0.2) is 0 Å². The molecule has 0 bridgehead atoms. The molecule has 0 saturated carbocycles. The molecule has 0 aliphatic heterocycles. The maximum absolute atomic E-state index is 5.92. The normalized spacial score (nSPS) is 10.3. The van der Waals surface area contributed by atoms with E-state index in [2.05, 4.69) is 32.5 Å². The first-order chi connectivity index (χ1) is 10.1. The molecule has 112 valence electrons. The van der Waals surface area contributed by atoms with Crippen LogP contribution in [0.15, 0.2) is 18.2 Å². The van der Waals surface area contributed by atoms with Crippen molar-refractivity contribution in [1.82, 2.24) is 15.0 Å². The topological polar surface area (TPSA) is 72.0 Å². The monoisotopic (exact) mass is 307 g/mol. The molecule has 1 aromatic heterocycles. The standard InChI is InChI=1S/C14H18ClN5O/c1-4-7-16-13-18-12(15)19-14(20-13)17-11-6-5-10(21-3)8-9(11)2/h5-6,8H,4,7H2,1-3H3,(H2,16,17,18,19,20). The molecule has 0 fully saturated rings. The Balaban J connectivity index is 2.20. The van der Waals surface area contributed by atoms with Gasteiger partial charge in [0.1, 0.15) is 5.75 Å². The number of hydrogen-bond donors (Lipinski definition) is 2.